The number of anilines is 2. The quantitative estimate of drug-likeness (QED) is 0.863. The topological polar surface area (TPSA) is 32.5 Å². The van der Waals surface area contributed by atoms with E-state index in [1.54, 1.807) is 6.07 Å². The molecule has 1 aliphatic heterocycles. The first-order valence-electron chi connectivity index (χ1n) is 6.72. The van der Waals surface area contributed by atoms with Crippen LogP contribution in [0.3, 0.4) is 0 Å². The summed E-state index contributed by atoms with van der Waals surface area (Å²) >= 11 is 5.83. The fourth-order valence-electron chi connectivity index (χ4n) is 2.81. The van der Waals surface area contributed by atoms with Crippen LogP contribution < -0.4 is 10.6 Å². The molecule has 2 N–H and O–H groups in total. The summed E-state index contributed by atoms with van der Waals surface area (Å²) < 4.78 is 13.3. The molecule has 1 aromatic carbocycles. The Morgan fingerprint density at radius 3 is 2.95 bits per heavy atom. The van der Waals surface area contributed by atoms with Crippen molar-refractivity contribution in [2.45, 2.75) is 25.8 Å². The second-order valence-electron chi connectivity index (χ2n) is 5.13. The van der Waals surface area contributed by atoms with Crippen LogP contribution in [0.25, 0.3) is 0 Å². The zero-order valence-corrected chi connectivity index (χ0v) is 12.3. The molecule has 1 fully saturated rings. The van der Waals surface area contributed by atoms with Crippen molar-refractivity contribution in [1.29, 1.82) is 0 Å². The molecule has 2 rings (SSSR count). The molecule has 1 aliphatic rings. The molecule has 19 heavy (non-hydrogen) atoms. The highest BCUT2D eigenvalue weighted by atomic mass is 35.5. The van der Waals surface area contributed by atoms with Gasteiger partial charge in [-0.05, 0) is 32.0 Å². The molecular formula is C14H21ClFN3. The maximum atomic E-state index is 13.3. The summed E-state index contributed by atoms with van der Waals surface area (Å²) in [6.45, 7) is 5.30. The van der Waals surface area contributed by atoms with Crippen LogP contribution in [0.1, 0.15) is 19.8 Å². The molecule has 0 bridgehead atoms. The molecule has 0 spiro atoms. The maximum absolute atomic E-state index is 13.3. The smallest absolute Gasteiger partial charge is 0.143 e. The molecule has 0 saturated carbocycles. The molecule has 5 heteroatoms. The van der Waals surface area contributed by atoms with E-state index in [0.29, 0.717) is 11.7 Å². The van der Waals surface area contributed by atoms with Gasteiger partial charge in [0.05, 0.1) is 16.4 Å². The summed E-state index contributed by atoms with van der Waals surface area (Å²) in [5.41, 5.74) is 7.11. The van der Waals surface area contributed by atoms with E-state index in [1.165, 1.54) is 18.9 Å². The van der Waals surface area contributed by atoms with Crippen molar-refractivity contribution in [1.82, 2.24) is 4.90 Å². The number of nitrogens with zero attached hydrogens (tertiary/aromatic N) is 2. The van der Waals surface area contributed by atoms with E-state index >= 15 is 0 Å². The molecule has 1 unspecified atom stereocenters. The van der Waals surface area contributed by atoms with Gasteiger partial charge in [0.25, 0.3) is 0 Å². The van der Waals surface area contributed by atoms with Crippen LogP contribution in [0, 0.1) is 5.82 Å². The van der Waals surface area contributed by atoms with Crippen LogP contribution in [-0.2, 0) is 0 Å². The Hall–Kier alpha value is -1.00. The summed E-state index contributed by atoms with van der Waals surface area (Å²) in [6.07, 6.45) is 2.44. The van der Waals surface area contributed by atoms with Crippen LogP contribution in [0.4, 0.5) is 15.8 Å². The Morgan fingerprint density at radius 1 is 1.53 bits per heavy atom. The molecule has 1 saturated heterocycles. The molecule has 0 aromatic heterocycles. The number of likely N-dealkylation sites (tertiary alicyclic amines) is 1. The monoisotopic (exact) mass is 285 g/mol. The predicted octanol–water partition coefficient (Wildman–Crippen LogP) is 2.98. The van der Waals surface area contributed by atoms with Gasteiger partial charge in [0.2, 0.25) is 0 Å². The standard InChI is InChI=1S/C14H21ClFN3/c1-3-19-6-4-5-10(19)9-18(2)14-7-11(15)12(16)8-13(14)17/h7-8,10H,3-6,9,17H2,1-2H3. The minimum absolute atomic E-state index is 0.120. The van der Waals surface area contributed by atoms with Crippen molar-refractivity contribution in [3.8, 4) is 0 Å². The van der Waals surface area contributed by atoms with E-state index < -0.39 is 5.82 Å². The van der Waals surface area contributed by atoms with Crippen LogP contribution in [0.5, 0.6) is 0 Å². The van der Waals surface area contributed by atoms with Crippen molar-refractivity contribution in [2.24, 2.45) is 0 Å². The lowest BCUT2D eigenvalue weighted by atomic mass is 10.2. The molecule has 106 valence electrons. The van der Waals surface area contributed by atoms with Crippen molar-refractivity contribution in [2.75, 3.05) is 37.3 Å². The van der Waals surface area contributed by atoms with Gasteiger partial charge in [0.1, 0.15) is 5.82 Å². The predicted molar refractivity (Wildman–Crippen MR) is 79.4 cm³/mol. The number of likely N-dealkylation sites (N-methyl/N-ethyl adjacent to an activating group) is 2. The van der Waals surface area contributed by atoms with Gasteiger partial charge >= 0.3 is 0 Å². The molecular weight excluding hydrogens is 265 g/mol. The molecule has 1 atom stereocenters. The summed E-state index contributed by atoms with van der Waals surface area (Å²) in [4.78, 5) is 4.54. The number of hydrogen-bond donors (Lipinski definition) is 1. The van der Waals surface area contributed by atoms with E-state index in [0.717, 1.165) is 25.3 Å². The van der Waals surface area contributed by atoms with Gasteiger partial charge in [-0.15, -0.1) is 0 Å². The first-order chi connectivity index (χ1) is 9.02. The minimum Gasteiger partial charge on any atom is -0.397 e. The lowest BCUT2D eigenvalue weighted by Gasteiger charge is -2.29. The minimum atomic E-state index is -0.465. The first kappa shape index (κ1) is 14.4. The summed E-state index contributed by atoms with van der Waals surface area (Å²) in [5.74, 6) is -0.465. The Balaban J connectivity index is 2.11. The average Bonchev–Trinajstić information content (AvgIpc) is 2.80. The first-order valence-corrected chi connectivity index (χ1v) is 7.10. The third-order valence-electron chi connectivity index (χ3n) is 3.87. The molecule has 0 aliphatic carbocycles. The molecule has 1 aromatic rings. The number of nitrogens with two attached hydrogens (primary N) is 1. The SMILES string of the molecule is CCN1CCCC1CN(C)c1cc(Cl)c(F)cc1N. The highest BCUT2D eigenvalue weighted by molar-refractivity contribution is 6.31. The van der Waals surface area contributed by atoms with Gasteiger partial charge in [-0.2, -0.15) is 0 Å². The van der Waals surface area contributed by atoms with Crippen molar-refractivity contribution < 1.29 is 4.39 Å². The van der Waals surface area contributed by atoms with E-state index in [-0.39, 0.29) is 5.02 Å². The van der Waals surface area contributed by atoms with Crippen molar-refractivity contribution in [3.05, 3.63) is 23.0 Å². The van der Waals surface area contributed by atoms with E-state index in [4.69, 9.17) is 17.3 Å². The van der Waals surface area contributed by atoms with Gasteiger partial charge in [-0.3, -0.25) is 4.90 Å². The van der Waals surface area contributed by atoms with Crippen LogP contribution in [0.2, 0.25) is 5.02 Å². The Bertz CT molecular complexity index is 453. The Labute approximate surface area is 119 Å². The van der Waals surface area contributed by atoms with Gasteiger partial charge in [-0.1, -0.05) is 18.5 Å². The number of benzene rings is 1. The van der Waals surface area contributed by atoms with Crippen LogP contribution >= 0.6 is 11.6 Å². The fraction of sp³-hybridized carbons (Fsp3) is 0.571. The number of rotatable bonds is 4. The number of hydrogen-bond acceptors (Lipinski definition) is 3. The lowest BCUT2D eigenvalue weighted by molar-refractivity contribution is 0.270. The number of nitrogen functional groups attached to an aromatic ring is 1. The second kappa shape index (κ2) is 5.97. The zero-order valence-electron chi connectivity index (χ0n) is 11.5. The normalized spacial score (nSPS) is 19.9. The molecule has 1 heterocycles. The van der Waals surface area contributed by atoms with Crippen molar-refractivity contribution in [3.63, 3.8) is 0 Å². The fourth-order valence-corrected chi connectivity index (χ4v) is 2.97. The third-order valence-corrected chi connectivity index (χ3v) is 4.16. The van der Waals surface area contributed by atoms with E-state index in [9.17, 15) is 4.39 Å². The van der Waals surface area contributed by atoms with E-state index in [2.05, 4.69) is 16.7 Å². The summed E-state index contributed by atoms with van der Waals surface area (Å²) in [6, 6.07) is 3.44. The van der Waals surface area contributed by atoms with Gasteiger partial charge < -0.3 is 10.6 Å². The second-order valence-corrected chi connectivity index (χ2v) is 5.54. The highest BCUT2D eigenvalue weighted by Gasteiger charge is 2.24. The highest BCUT2D eigenvalue weighted by Crippen LogP contribution is 2.30. The molecule has 0 amide bonds. The molecule has 3 nitrogen and oxygen atoms in total. The largest absolute Gasteiger partial charge is 0.397 e. The van der Waals surface area contributed by atoms with E-state index in [1.807, 2.05) is 7.05 Å². The lowest BCUT2D eigenvalue weighted by Crippen LogP contribution is -2.39. The van der Waals surface area contributed by atoms with Gasteiger partial charge in [0, 0.05) is 25.7 Å². The maximum Gasteiger partial charge on any atom is 0.143 e. The van der Waals surface area contributed by atoms with Crippen molar-refractivity contribution >= 4 is 23.0 Å². The summed E-state index contributed by atoms with van der Waals surface area (Å²) in [7, 11) is 1.98. The molecule has 0 radical (unpaired) electrons. The average molecular weight is 286 g/mol. The Kier molecular flexibility index (Phi) is 4.53. The van der Waals surface area contributed by atoms with Gasteiger partial charge in [0.15, 0.2) is 0 Å². The number of halogens is 2. The third kappa shape index (κ3) is 3.12. The van der Waals surface area contributed by atoms with Gasteiger partial charge in [-0.25, -0.2) is 4.39 Å². The zero-order chi connectivity index (χ0) is 14.0. The van der Waals surface area contributed by atoms with Crippen LogP contribution in [-0.4, -0.2) is 37.6 Å². The Morgan fingerprint density at radius 2 is 2.26 bits per heavy atom. The van der Waals surface area contributed by atoms with Crippen LogP contribution in [0.15, 0.2) is 12.1 Å². The summed E-state index contributed by atoms with van der Waals surface area (Å²) in [5, 5.41) is 0.120.